The van der Waals surface area contributed by atoms with E-state index in [1.54, 1.807) is 7.11 Å². The molecule has 2 aromatic rings. The maximum Gasteiger partial charge on any atom is 0.118 e. The third kappa shape index (κ3) is 3.06. The Hall–Kier alpha value is -2.00. The molecule has 2 N–H and O–H groups in total. The Morgan fingerprint density at radius 2 is 1.68 bits per heavy atom. The molecule has 2 aromatic carbocycles. The third-order valence-corrected chi connectivity index (χ3v) is 3.25. The second-order valence-corrected chi connectivity index (χ2v) is 4.37. The summed E-state index contributed by atoms with van der Waals surface area (Å²) in [6.45, 7) is 0. The van der Waals surface area contributed by atoms with Gasteiger partial charge in [-0.3, -0.25) is 0 Å². The lowest BCUT2D eigenvalue weighted by atomic mass is 9.98. The van der Waals surface area contributed by atoms with Gasteiger partial charge in [-0.1, -0.05) is 24.3 Å². The molecule has 0 saturated heterocycles. The maximum atomic E-state index is 5.19. The predicted molar refractivity (Wildman–Crippen MR) is 79.9 cm³/mol. The number of anilines is 1. The standard InChI is InChI=1S/C16H20N2O/c1-17-14-6-4-5-13(11-14)16(18-2)12-7-9-15(19-3)10-8-12/h4-11,16-18H,1-3H3. The zero-order chi connectivity index (χ0) is 13.7. The zero-order valence-electron chi connectivity index (χ0n) is 11.6. The minimum Gasteiger partial charge on any atom is -0.497 e. The quantitative estimate of drug-likeness (QED) is 0.862. The summed E-state index contributed by atoms with van der Waals surface area (Å²) in [6, 6.07) is 16.7. The van der Waals surface area contributed by atoms with Crippen molar-refractivity contribution in [1.82, 2.24) is 5.32 Å². The molecule has 0 aliphatic heterocycles. The Morgan fingerprint density at radius 3 is 2.26 bits per heavy atom. The Labute approximate surface area is 114 Å². The smallest absolute Gasteiger partial charge is 0.118 e. The summed E-state index contributed by atoms with van der Waals surface area (Å²) in [5.74, 6) is 0.877. The number of hydrogen-bond donors (Lipinski definition) is 2. The minimum absolute atomic E-state index is 0.180. The average Bonchev–Trinajstić information content (AvgIpc) is 2.49. The number of rotatable bonds is 5. The summed E-state index contributed by atoms with van der Waals surface area (Å²) < 4.78 is 5.19. The highest BCUT2D eigenvalue weighted by Gasteiger charge is 2.12. The summed E-state index contributed by atoms with van der Waals surface area (Å²) in [7, 11) is 5.59. The third-order valence-electron chi connectivity index (χ3n) is 3.25. The van der Waals surface area contributed by atoms with Crippen LogP contribution in [0.4, 0.5) is 5.69 Å². The second-order valence-electron chi connectivity index (χ2n) is 4.37. The van der Waals surface area contributed by atoms with Crippen LogP contribution in [-0.4, -0.2) is 21.2 Å². The van der Waals surface area contributed by atoms with Crippen molar-refractivity contribution >= 4 is 5.69 Å². The summed E-state index contributed by atoms with van der Waals surface area (Å²) in [4.78, 5) is 0. The number of nitrogens with one attached hydrogen (secondary N) is 2. The van der Waals surface area contributed by atoms with Gasteiger partial charge in [-0.2, -0.15) is 0 Å². The largest absolute Gasteiger partial charge is 0.497 e. The van der Waals surface area contributed by atoms with Gasteiger partial charge < -0.3 is 15.4 Å². The molecule has 0 aromatic heterocycles. The molecule has 100 valence electrons. The first-order valence-corrected chi connectivity index (χ1v) is 6.37. The summed E-state index contributed by atoms with van der Waals surface area (Å²) >= 11 is 0. The zero-order valence-corrected chi connectivity index (χ0v) is 11.6. The van der Waals surface area contributed by atoms with Gasteiger partial charge in [0, 0.05) is 12.7 Å². The van der Waals surface area contributed by atoms with Crippen LogP contribution < -0.4 is 15.4 Å². The van der Waals surface area contributed by atoms with E-state index in [1.165, 1.54) is 11.1 Å². The van der Waals surface area contributed by atoms with E-state index in [2.05, 4.69) is 47.0 Å². The van der Waals surface area contributed by atoms with Crippen LogP contribution in [0.2, 0.25) is 0 Å². The molecular weight excluding hydrogens is 236 g/mol. The molecule has 3 nitrogen and oxygen atoms in total. The normalized spacial score (nSPS) is 11.9. The lowest BCUT2D eigenvalue weighted by Crippen LogP contribution is -2.17. The predicted octanol–water partition coefficient (Wildman–Crippen LogP) is 3.05. The lowest BCUT2D eigenvalue weighted by Gasteiger charge is -2.18. The second kappa shape index (κ2) is 6.25. The van der Waals surface area contributed by atoms with Gasteiger partial charge in [0.1, 0.15) is 5.75 Å². The van der Waals surface area contributed by atoms with Crippen LogP contribution in [-0.2, 0) is 0 Å². The Kier molecular flexibility index (Phi) is 4.42. The van der Waals surface area contributed by atoms with E-state index in [0.717, 1.165) is 11.4 Å². The molecule has 19 heavy (non-hydrogen) atoms. The SMILES string of the molecule is CNc1cccc(C(NC)c2ccc(OC)cc2)c1. The van der Waals surface area contributed by atoms with E-state index in [1.807, 2.05) is 26.2 Å². The van der Waals surface area contributed by atoms with Crippen LogP contribution in [0.25, 0.3) is 0 Å². The Balaban J connectivity index is 2.31. The first-order valence-electron chi connectivity index (χ1n) is 6.37. The van der Waals surface area contributed by atoms with Gasteiger partial charge in [-0.25, -0.2) is 0 Å². The number of ether oxygens (including phenoxy) is 1. The monoisotopic (exact) mass is 256 g/mol. The van der Waals surface area contributed by atoms with Crippen LogP contribution in [0.5, 0.6) is 5.75 Å². The van der Waals surface area contributed by atoms with Crippen LogP contribution in [0.3, 0.4) is 0 Å². The van der Waals surface area contributed by atoms with Crippen LogP contribution in [0, 0.1) is 0 Å². The molecule has 1 atom stereocenters. The molecule has 0 aliphatic carbocycles. The van der Waals surface area contributed by atoms with E-state index in [9.17, 15) is 0 Å². The van der Waals surface area contributed by atoms with E-state index in [0.29, 0.717) is 0 Å². The minimum atomic E-state index is 0.180. The maximum absolute atomic E-state index is 5.19. The van der Waals surface area contributed by atoms with Gasteiger partial charge in [-0.15, -0.1) is 0 Å². The topological polar surface area (TPSA) is 33.3 Å². The van der Waals surface area contributed by atoms with Crippen molar-refractivity contribution in [3.63, 3.8) is 0 Å². The van der Waals surface area contributed by atoms with Gasteiger partial charge in [-0.05, 0) is 42.4 Å². The number of methoxy groups -OCH3 is 1. The van der Waals surface area contributed by atoms with Crippen molar-refractivity contribution in [1.29, 1.82) is 0 Å². The summed E-state index contributed by atoms with van der Waals surface area (Å²) in [6.07, 6.45) is 0. The van der Waals surface area contributed by atoms with E-state index in [-0.39, 0.29) is 6.04 Å². The van der Waals surface area contributed by atoms with Crippen molar-refractivity contribution in [2.75, 3.05) is 26.5 Å². The molecule has 0 fully saturated rings. The van der Waals surface area contributed by atoms with Gasteiger partial charge >= 0.3 is 0 Å². The molecule has 0 aliphatic rings. The molecule has 0 radical (unpaired) electrons. The fraction of sp³-hybridized carbons (Fsp3) is 0.250. The lowest BCUT2D eigenvalue weighted by molar-refractivity contribution is 0.414. The van der Waals surface area contributed by atoms with Gasteiger partial charge in [0.15, 0.2) is 0 Å². The number of benzene rings is 2. The first kappa shape index (κ1) is 13.4. The fourth-order valence-electron chi connectivity index (χ4n) is 2.20. The molecule has 0 heterocycles. The Bertz CT molecular complexity index is 523. The highest BCUT2D eigenvalue weighted by atomic mass is 16.5. The summed E-state index contributed by atoms with van der Waals surface area (Å²) in [5.41, 5.74) is 3.57. The van der Waals surface area contributed by atoms with E-state index < -0.39 is 0 Å². The fourth-order valence-corrected chi connectivity index (χ4v) is 2.20. The molecule has 3 heteroatoms. The van der Waals surface area contributed by atoms with Gasteiger partial charge in [0.25, 0.3) is 0 Å². The van der Waals surface area contributed by atoms with Crippen molar-refractivity contribution < 1.29 is 4.74 Å². The molecule has 2 rings (SSSR count). The molecule has 0 saturated carbocycles. The highest BCUT2D eigenvalue weighted by Crippen LogP contribution is 2.25. The first-order chi connectivity index (χ1) is 9.28. The molecule has 1 unspecified atom stereocenters. The molecular formula is C16H20N2O. The molecule has 0 amide bonds. The Morgan fingerprint density at radius 1 is 0.947 bits per heavy atom. The van der Waals surface area contributed by atoms with Crippen molar-refractivity contribution in [2.45, 2.75) is 6.04 Å². The van der Waals surface area contributed by atoms with E-state index >= 15 is 0 Å². The van der Waals surface area contributed by atoms with Crippen molar-refractivity contribution in [2.24, 2.45) is 0 Å². The highest BCUT2D eigenvalue weighted by molar-refractivity contribution is 5.48. The van der Waals surface area contributed by atoms with Gasteiger partial charge in [0.2, 0.25) is 0 Å². The van der Waals surface area contributed by atoms with Crippen LogP contribution in [0.1, 0.15) is 17.2 Å². The summed E-state index contributed by atoms with van der Waals surface area (Å²) in [5, 5.41) is 6.52. The molecule has 0 spiro atoms. The van der Waals surface area contributed by atoms with Crippen molar-refractivity contribution in [3.05, 3.63) is 59.7 Å². The molecule has 0 bridgehead atoms. The average molecular weight is 256 g/mol. The van der Waals surface area contributed by atoms with Crippen LogP contribution in [0.15, 0.2) is 48.5 Å². The van der Waals surface area contributed by atoms with Gasteiger partial charge in [0.05, 0.1) is 13.2 Å². The van der Waals surface area contributed by atoms with Crippen LogP contribution >= 0.6 is 0 Å². The number of hydrogen-bond acceptors (Lipinski definition) is 3. The van der Waals surface area contributed by atoms with Crippen molar-refractivity contribution in [3.8, 4) is 5.75 Å². The van der Waals surface area contributed by atoms with E-state index in [4.69, 9.17) is 4.74 Å².